The molecule has 0 radical (unpaired) electrons. The number of anilines is 1. The second-order valence-corrected chi connectivity index (χ2v) is 9.07. The molecule has 0 saturated carbocycles. The Morgan fingerprint density at radius 2 is 1.96 bits per heavy atom. The van der Waals surface area contributed by atoms with Crippen molar-refractivity contribution in [2.24, 2.45) is 0 Å². The van der Waals surface area contributed by atoms with Crippen LogP contribution in [0.4, 0.5) is 5.69 Å². The Kier molecular flexibility index (Phi) is 6.31. The summed E-state index contributed by atoms with van der Waals surface area (Å²) in [6.45, 7) is 2.89. The van der Waals surface area contributed by atoms with Crippen LogP contribution in [0.15, 0.2) is 51.8 Å². The van der Waals surface area contributed by atoms with Gasteiger partial charge in [0.25, 0.3) is 5.91 Å². The van der Waals surface area contributed by atoms with E-state index in [1.54, 1.807) is 0 Å². The van der Waals surface area contributed by atoms with E-state index in [0.717, 1.165) is 22.9 Å². The lowest BCUT2D eigenvalue weighted by Crippen LogP contribution is -2.31. The number of carbonyl (C=O) groups is 1. The minimum atomic E-state index is -3.63. The molecule has 0 unspecified atom stereocenters. The zero-order chi connectivity index (χ0) is 19.4. The number of hydrogen-bond acceptors (Lipinski definition) is 4. The highest BCUT2D eigenvalue weighted by molar-refractivity contribution is 9.10. The number of halogens is 1. The molecular formula is C19H21BrN2O4S. The van der Waals surface area contributed by atoms with E-state index < -0.39 is 10.0 Å². The largest absolute Gasteiger partial charge is 0.377 e. The first kappa shape index (κ1) is 20.0. The summed E-state index contributed by atoms with van der Waals surface area (Å²) in [5.74, 6) is -0.309. The van der Waals surface area contributed by atoms with E-state index in [0.29, 0.717) is 17.9 Å². The minimum Gasteiger partial charge on any atom is -0.377 e. The van der Waals surface area contributed by atoms with Gasteiger partial charge in [0.15, 0.2) is 0 Å². The molecule has 2 aromatic rings. The fraction of sp³-hybridized carbons (Fsp3) is 0.316. The van der Waals surface area contributed by atoms with Gasteiger partial charge in [-0.2, -0.15) is 0 Å². The number of aryl methyl sites for hydroxylation is 1. The van der Waals surface area contributed by atoms with Crippen molar-refractivity contribution in [1.29, 1.82) is 0 Å². The summed E-state index contributed by atoms with van der Waals surface area (Å²) >= 11 is 3.42. The molecule has 6 nitrogen and oxygen atoms in total. The number of benzene rings is 2. The molecule has 0 aliphatic carbocycles. The van der Waals surface area contributed by atoms with Crippen molar-refractivity contribution in [2.45, 2.75) is 30.8 Å². The third kappa shape index (κ3) is 5.16. The van der Waals surface area contributed by atoms with E-state index in [1.165, 1.54) is 24.3 Å². The van der Waals surface area contributed by atoms with Gasteiger partial charge in [-0.25, -0.2) is 13.1 Å². The Bertz CT molecular complexity index is 923. The number of ether oxygens (including phenoxy) is 1. The summed E-state index contributed by atoms with van der Waals surface area (Å²) < 4.78 is 33.5. The first-order valence-corrected chi connectivity index (χ1v) is 10.9. The van der Waals surface area contributed by atoms with Crippen LogP contribution in [0, 0.1) is 6.92 Å². The predicted molar refractivity (Wildman–Crippen MR) is 107 cm³/mol. The van der Waals surface area contributed by atoms with Gasteiger partial charge in [0.05, 0.1) is 16.7 Å². The van der Waals surface area contributed by atoms with Crippen LogP contribution >= 0.6 is 15.9 Å². The van der Waals surface area contributed by atoms with Gasteiger partial charge in [0.1, 0.15) is 0 Å². The molecule has 3 rings (SSSR count). The van der Waals surface area contributed by atoms with Gasteiger partial charge in [-0.05, 0) is 77.7 Å². The average molecular weight is 453 g/mol. The molecule has 144 valence electrons. The molecule has 1 aliphatic heterocycles. The Hall–Kier alpha value is -1.74. The van der Waals surface area contributed by atoms with Crippen LogP contribution in [0.5, 0.6) is 0 Å². The number of amides is 1. The normalized spacial score (nSPS) is 17.0. The van der Waals surface area contributed by atoms with Gasteiger partial charge < -0.3 is 10.1 Å². The molecule has 1 fully saturated rings. The SMILES string of the molecule is Cc1ccc(NC(=O)c2ccc(S(=O)(=O)NC[C@@H]3CCCO3)cc2)c(Br)c1. The van der Waals surface area contributed by atoms with Crippen molar-refractivity contribution in [1.82, 2.24) is 4.72 Å². The lowest BCUT2D eigenvalue weighted by Gasteiger charge is -2.12. The quantitative estimate of drug-likeness (QED) is 0.702. The topological polar surface area (TPSA) is 84.5 Å². The van der Waals surface area contributed by atoms with Gasteiger partial charge in [-0.3, -0.25) is 4.79 Å². The summed E-state index contributed by atoms with van der Waals surface area (Å²) in [6.07, 6.45) is 1.74. The highest BCUT2D eigenvalue weighted by Gasteiger charge is 2.20. The zero-order valence-electron chi connectivity index (χ0n) is 14.9. The number of hydrogen-bond donors (Lipinski definition) is 2. The van der Waals surface area contributed by atoms with E-state index in [-0.39, 0.29) is 23.5 Å². The summed E-state index contributed by atoms with van der Waals surface area (Å²) in [5.41, 5.74) is 2.10. The maximum Gasteiger partial charge on any atom is 0.255 e. The Morgan fingerprint density at radius 1 is 1.22 bits per heavy atom. The monoisotopic (exact) mass is 452 g/mol. The van der Waals surface area contributed by atoms with Crippen molar-refractivity contribution in [3.63, 3.8) is 0 Å². The van der Waals surface area contributed by atoms with Gasteiger partial charge in [-0.1, -0.05) is 6.07 Å². The minimum absolute atomic E-state index is 0.0715. The van der Waals surface area contributed by atoms with Crippen LogP contribution < -0.4 is 10.0 Å². The number of rotatable bonds is 6. The van der Waals surface area contributed by atoms with Crippen LogP contribution in [-0.2, 0) is 14.8 Å². The third-order valence-corrected chi connectivity index (χ3v) is 6.42. The molecule has 1 amide bonds. The van der Waals surface area contributed by atoms with Crippen molar-refractivity contribution < 1.29 is 17.9 Å². The summed E-state index contributed by atoms with van der Waals surface area (Å²) in [7, 11) is -3.63. The van der Waals surface area contributed by atoms with Crippen LogP contribution in [0.1, 0.15) is 28.8 Å². The molecule has 2 aromatic carbocycles. The lowest BCUT2D eigenvalue weighted by molar-refractivity contribution is 0.102. The molecule has 27 heavy (non-hydrogen) atoms. The summed E-state index contributed by atoms with van der Waals surface area (Å²) in [6, 6.07) is 11.5. The van der Waals surface area contributed by atoms with Gasteiger partial charge in [-0.15, -0.1) is 0 Å². The maximum absolute atomic E-state index is 12.4. The second-order valence-electron chi connectivity index (χ2n) is 6.45. The lowest BCUT2D eigenvalue weighted by atomic mass is 10.2. The Balaban J connectivity index is 1.65. The van der Waals surface area contributed by atoms with Gasteiger partial charge >= 0.3 is 0 Å². The molecule has 0 bridgehead atoms. The van der Waals surface area contributed by atoms with Crippen molar-refractivity contribution >= 4 is 37.5 Å². The standard InChI is InChI=1S/C19H21BrN2O4S/c1-13-4-9-18(17(20)11-13)22-19(23)14-5-7-16(8-6-14)27(24,25)21-12-15-3-2-10-26-15/h4-9,11,15,21H,2-3,10,12H2,1H3,(H,22,23)/t15-/m0/s1. The fourth-order valence-corrected chi connectivity index (χ4v) is 4.45. The van der Waals surface area contributed by atoms with Crippen molar-refractivity contribution in [3.05, 3.63) is 58.1 Å². The van der Waals surface area contributed by atoms with E-state index >= 15 is 0 Å². The molecule has 1 aliphatic rings. The molecule has 1 atom stereocenters. The third-order valence-electron chi connectivity index (χ3n) is 4.32. The Morgan fingerprint density at radius 3 is 2.59 bits per heavy atom. The number of carbonyl (C=O) groups excluding carboxylic acids is 1. The molecule has 2 N–H and O–H groups in total. The zero-order valence-corrected chi connectivity index (χ0v) is 17.3. The number of sulfonamides is 1. The summed E-state index contributed by atoms with van der Waals surface area (Å²) in [5, 5.41) is 2.81. The first-order chi connectivity index (χ1) is 12.8. The molecule has 1 saturated heterocycles. The molecule has 0 spiro atoms. The average Bonchev–Trinajstić information content (AvgIpc) is 3.16. The highest BCUT2D eigenvalue weighted by Crippen LogP contribution is 2.24. The maximum atomic E-state index is 12.4. The van der Waals surface area contributed by atoms with Crippen LogP contribution in [0.25, 0.3) is 0 Å². The van der Waals surface area contributed by atoms with E-state index in [4.69, 9.17) is 4.74 Å². The van der Waals surface area contributed by atoms with E-state index in [1.807, 2.05) is 25.1 Å². The Labute approximate surface area is 167 Å². The fourth-order valence-electron chi connectivity index (χ4n) is 2.79. The van der Waals surface area contributed by atoms with Crippen LogP contribution in [0.2, 0.25) is 0 Å². The summed E-state index contributed by atoms with van der Waals surface area (Å²) in [4.78, 5) is 12.5. The smallest absolute Gasteiger partial charge is 0.255 e. The van der Waals surface area contributed by atoms with Gasteiger partial charge in [0.2, 0.25) is 10.0 Å². The molecule has 0 aromatic heterocycles. The van der Waals surface area contributed by atoms with Crippen LogP contribution in [-0.4, -0.2) is 33.6 Å². The van der Waals surface area contributed by atoms with Crippen molar-refractivity contribution in [3.8, 4) is 0 Å². The molecular weight excluding hydrogens is 432 g/mol. The first-order valence-electron chi connectivity index (χ1n) is 8.64. The highest BCUT2D eigenvalue weighted by atomic mass is 79.9. The predicted octanol–water partition coefficient (Wildman–Crippen LogP) is 3.47. The number of nitrogens with one attached hydrogen (secondary N) is 2. The van der Waals surface area contributed by atoms with Gasteiger partial charge in [0, 0.05) is 23.2 Å². The van der Waals surface area contributed by atoms with E-state index in [9.17, 15) is 13.2 Å². The van der Waals surface area contributed by atoms with Crippen molar-refractivity contribution in [2.75, 3.05) is 18.5 Å². The van der Waals surface area contributed by atoms with E-state index in [2.05, 4.69) is 26.0 Å². The van der Waals surface area contributed by atoms with Crippen LogP contribution in [0.3, 0.4) is 0 Å². The second kappa shape index (κ2) is 8.52. The molecule has 1 heterocycles. The molecule has 8 heteroatoms.